The molecule has 0 aliphatic carbocycles. The average molecular weight is 202 g/mol. The zero-order chi connectivity index (χ0) is 10.6. The van der Waals surface area contributed by atoms with E-state index >= 15 is 0 Å². The summed E-state index contributed by atoms with van der Waals surface area (Å²) in [7, 11) is 0. The van der Waals surface area contributed by atoms with E-state index < -0.39 is 0 Å². The van der Waals surface area contributed by atoms with Gasteiger partial charge in [-0.15, -0.1) is 0 Å². The molecule has 0 aromatic carbocycles. The van der Waals surface area contributed by atoms with Crippen LogP contribution in [0.5, 0.6) is 0 Å². The van der Waals surface area contributed by atoms with Crippen LogP contribution in [0.15, 0.2) is 0 Å². The molecule has 0 atom stereocenters. The lowest BCUT2D eigenvalue weighted by atomic mass is 10.2. The molecule has 0 fully saturated rings. The van der Waals surface area contributed by atoms with Gasteiger partial charge >= 0.3 is 0 Å². The van der Waals surface area contributed by atoms with E-state index in [1.54, 1.807) is 0 Å². The number of nitrogens with one attached hydrogen (secondary N) is 1. The van der Waals surface area contributed by atoms with Crippen LogP contribution < -0.4 is 5.32 Å². The highest BCUT2D eigenvalue weighted by molar-refractivity contribution is 4.50. The largest absolute Gasteiger partial charge is 0.381 e. The second kappa shape index (κ2) is 11.0. The third-order valence-electron chi connectivity index (χ3n) is 1.88. The predicted octanol–water partition coefficient (Wildman–Crippen LogP) is 1.85. The van der Waals surface area contributed by atoms with Gasteiger partial charge in [0, 0.05) is 13.2 Å². The fourth-order valence-electron chi connectivity index (χ4n) is 1.10. The second-order valence-corrected chi connectivity index (χ2v) is 3.98. The zero-order valence-electron chi connectivity index (χ0n) is 9.55. The summed E-state index contributed by atoms with van der Waals surface area (Å²) < 4.78 is 5.36. The van der Waals surface area contributed by atoms with Crippen molar-refractivity contribution in [3.05, 3.63) is 0 Å². The Morgan fingerprint density at radius 2 is 1.86 bits per heavy atom. The van der Waals surface area contributed by atoms with Crippen LogP contribution in [0.25, 0.3) is 0 Å². The summed E-state index contributed by atoms with van der Waals surface area (Å²) in [6.07, 6.45) is 2.71. The normalized spacial score (nSPS) is 11.1. The summed E-state index contributed by atoms with van der Waals surface area (Å²) in [6, 6.07) is 0. The Bertz CT molecular complexity index is 107. The number of rotatable bonds is 10. The Hall–Kier alpha value is -0.120. The predicted molar refractivity (Wildman–Crippen MR) is 57.9 cm³/mol. The van der Waals surface area contributed by atoms with Gasteiger partial charge in [0.1, 0.15) is 0 Å². The van der Waals surface area contributed by atoms with Crippen molar-refractivity contribution in [3.63, 3.8) is 0 Å². The molecule has 0 rings (SSSR count). The lowest BCUT2D eigenvalue weighted by Gasteiger charge is -2.07. The maximum Gasteiger partial charge on any atom is 0.0823 e. The molecule has 0 heterocycles. The molecule has 0 spiro atoms. The van der Waals surface area contributed by atoms with Crippen LogP contribution in [-0.2, 0) is 9.84 Å². The van der Waals surface area contributed by atoms with E-state index in [-0.39, 0.29) is 6.61 Å². The fraction of sp³-hybridized carbons (Fsp3) is 1.00. The highest BCUT2D eigenvalue weighted by Gasteiger charge is 1.93. The number of unbranched alkanes of at least 4 members (excludes halogenated alkanes) is 1. The summed E-state index contributed by atoms with van der Waals surface area (Å²) in [4.78, 5) is 0. The van der Waals surface area contributed by atoms with E-state index in [1.165, 1.54) is 0 Å². The van der Waals surface area contributed by atoms with E-state index in [0.29, 0.717) is 5.92 Å². The van der Waals surface area contributed by atoms with Crippen molar-refractivity contribution in [2.75, 3.05) is 32.9 Å². The first-order chi connectivity index (χ1) is 6.77. The molecule has 3 nitrogen and oxygen atoms in total. The van der Waals surface area contributed by atoms with Gasteiger partial charge in [-0.05, 0) is 38.3 Å². The minimum atomic E-state index is 0.0271. The molecule has 0 amide bonds. The van der Waals surface area contributed by atoms with Crippen molar-refractivity contribution in [1.29, 1.82) is 0 Å². The lowest BCUT2D eigenvalue weighted by molar-refractivity contribution is 0.115. The highest BCUT2D eigenvalue weighted by atomic mass is 16.5. The summed E-state index contributed by atoms with van der Waals surface area (Å²) in [5.74, 6) is 0.716. The van der Waals surface area contributed by atoms with Crippen LogP contribution >= 0.6 is 0 Å². The molecule has 85 valence electrons. The molecule has 0 aliphatic heterocycles. The molecular formula is C11H24NO2. The molecule has 1 radical (unpaired) electrons. The van der Waals surface area contributed by atoms with Crippen LogP contribution in [-0.4, -0.2) is 32.9 Å². The average Bonchev–Trinajstić information content (AvgIpc) is 2.15. The first-order valence-electron chi connectivity index (χ1n) is 5.64. The summed E-state index contributed by atoms with van der Waals surface area (Å²) >= 11 is 0. The molecule has 0 aromatic heterocycles. The molecule has 1 N–H and O–H groups in total. The number of hydrogen-bond donors (Lipinski definition) is 1. The SMILES string of the molecule is CC(C)CNCCCOCCCC[O]. The van der Waals surface area contributed by atoms with Crippen molar-refractivity contribution in [1.82, 2.24) is 5.32 Å². The van der Waals surface area contributed by atoms with Crippen molar-refractivity contribution < 1.29 is 9.84 Å². The van der Waals surface area contributed by atoms with Gasteiger partial charge in [0.05, 0.1) is 6.61 Å². The van der Waals surface area contributed by atoms with Crippen LogP contribution in [0.2, 0.25) is 0 Å². The number of ether oxygens (including phenoxy) is 1. The first-order valence-corrected chi connectivity index (χ1v) is 5.64. The second-order valence-electron chi connectivity index (χ2n) is 3.98. The Labute approximate surface area is 87.8 Å². The Morgan fingerprint density at radius 3 is 2.50 bits per heavy atom. The third kappa shape index (κ3) is 11.9. The quantitative estimate of drug-likeness (QED) is 0.549. The Morgan fingerprint density at radius 1 is 1.14 bits per heavy atom. The Balaban J connectivity index is 2.85. The topological polar surface area (TPSA) is 41.2 Å². The molecule has 0 bridgehead atoms. The van der Waals surface area contributed by atoms with Crippen molar-refractivity contribution in [2.45, 2.75) is 33.1 Å². The molecule has 0 unspecified atom stereocenters. The van der Waals surface area contributed by atoms with Gasteiger partial charge in [-0.25, -0.2) is 5.11 Å². The summed E-state index contributed by atoms with van der Waals surface area (Å²) in [5.41, 5.74) is 0. The molecule has 14 heavy (non-hydrogen) atoms. The van der Waals surface area contributed by atoms with Gasteiger partial charge in [-0.1, -0.05) is 13.8 Å². The third-order valence-corrected chi connectivity index (χ3v) is 1.88. The van der Waals surface area contributed by atoms with E-state index in [4.69, 9.17) is 4.74 Å². The fourth-order valence-corrected chi connectivity index (χ4v) is 1.10. The maximum atomic E-state index is 10.1. The molecular weight excluding hydrogens is 178 g/mol. The number of hydrogen-bond acceptors (Lipinski definition) is 2. The monoisotopic (exact) mass is 202 g/mol. The van der Waals surface area contributed by atoms with Gasteiger partial charge < -0.3 is 10.1 Å². The van der Waals surface area contributed by atoms with E-state index in [2.05, 4.69) is 19.2 Å². The minimum Gasteiger partial charge on any atom is -0.381 e. The lowest BCUT2D eigenvalue weighted by Crippen LogP contribution is -2.21. The van der Waals surface area contributed by atoms with Gasteiger partial charge in [0.2, 0.25) is 0 Å². The van der Waals surface area contributed by atoms with Crippen molar-refractivity contribution >= 4 is 0 Å². The smallest absolute Gasteiger partial charge is 0.0823 e. The Kier molecular flexibility index (Phi) is 10.9. The first kappa shape index (κ1) is 13.9. The molecule has 3 heteroatoms. The molecule has 0 aliphatic rings. The molecule has 0 saturated carbocycles. The van der Waals surface area contributed by atoms with Crippen molar-refractivity contribution in [3.8, 4) is 0 Å². The van der Waals surface area contributed by atoms with Crippen molar-refractivity contribution in [2.24, 2.45) is 5.92 Å². The van der Waals surface area contributed by atoms with Gasteiger partial charge in [0.25, 0.3) is 0 Å². The standard InChI is InChI=1S/C11H24NO2/c1-11(2)10-12-6-5-9-14-8-4-3-7-13/h11-12H,3-10H2,1-2H3. The van der Waals surface area contributed by atoms with Crippen LogP contribution in [0, 0.1) is 5.92 Å². The van der Waals surface area contributed by atoms with Crippen LogP contribution in [0.4, 0.5) is 0 Å². The van der Waals surface area contributed by atoms with Crippen LogP contribution in [0.1, 0.15) is 33.1 Å². The van der Waals surface area contributed by atoms with E-state index in [0.717, 1.165) is 45.6 Å². The van der Waals surface area contributed by atoms with Crippen LogP contribution in [0.3, 0.4) is 0 Å². The minimum absolute atomic E-state index is 0.0271. The van der Waals surface area contributed by atoms with Gasteiger partial charge in [-0.3, -0.25) is 0 Å². The van der Waals surface area contributed by atoms with Gasteiger partial charge in [0.15, 0.2) is 0 Å². The molecule has 0 aromatic rings. The van der Waals surface area contributed by atoms with E-state index in [1.807, 2.05) is 0 Å². The molecule has 0 saturated heterocycles. The van der Waals surface area contributed by atoms with Gasteiger partial charge in [-0.2, -0.15) is 0 Å². The summed E-state index contributed by atoms with van der Waals surface area (Å²) in [6.45, 7) is 8.09. The van der Waals surface area contributed by atoms with E-state index in [9.17, 15) is 5.11 Å². The highest BCUT2D eigenvalue weighted by Crippen LogP contribution is 1.91. The summed E-state index contributed by atoms with van der Waals surface area (Å²) in [5, 5.41) is 13.5. The maximum absolute atomic E-state index is 10.1. The zero-order valence-corrected chi connectivity index (χ0v) is 9.55.